The zero-order valence-corrected chi connectivity index (χ0v) is 21.1. The molecule has 2 aromatic carbocycles. The minimum atomic E-state index is -0.680. The average Bonchev–Trinajstić information content (AvgIpc) is 2.78. The maximum atomic E-state index is 15.2. The molecular weight excluding hydrogens is 451 g/mol. The van der Waals surface area contributed by atoms with E-state index in [1.165, 1.54) is 13.0 Å². The maximum absolute atomic E-state index is 15.2. The molecule has 2 atom stereocenters. The van der Waals surface area contributed by atoms with Crippen molar-refractivity contribution in [3.8, 4) is 11.1 Å². The van der Waals surface area contributed by atoms with E-state index < -0.39 is 23.9 Å². The van der Waals surface area contributed by atoms with E-state index in [0.717, 1.165) is 11.1 Å². The molecule has 1 heterocycles. The van der Waals surface area contributed by atoms with Gasteiger partial charge >= 0.3 is 6.09 Å². The van der Waals surface area contributed by atoms with E-state index in [1.807, 2.05) is 58.0 Å². The molecule has 1 aliphatic rings. The van der Waals surface area contributed by atoms with Crippen LogP contribution in [0.25, 0.3) is 11.1 Å². The Balaban J connectivity index is 1.94. The Morgan fingerprint density at radius 2 is 1.97 bits per heavy atom. The molecule has 2 unspecified atom stereocenters. The number of aryl methyl sites for hydroxylation is 1. The highest BCUT2D eigenvalue weighted by Gasteiger charge is 2.35. The Bertz CT molecular complexity index is 1040. The molecule has 190 valence electrons. The third-order valence-electron chi connectivity index (χ3n) is 5.52. The Morgan fingerprint density at radius 1 is 1.23 bits per heavy atom. The lowest BCUT2D eigenvalue weighted by molar-refractivity contribution is -0.121. The van der Waals surface area contributed by atoms with Crippen LogP contribution in [-0.4, -0.2) is 61.5 Å². The Hall–Kier alpha value is -2.97. The first-order valence-corrected chi connectivity index (χ1v) is 11.9. The summed E-state index contributed by atoms with van der Waals surface area (Å²) in [6, 6.07) is 12.5. The van der Waals surface area contributed by atoms with Crippen LogP contribution in [0, 0.1) is 12.7 Å². The highest BCUT2D eigenvalue weighted by molar-refractivity contribution is 5.72. The molecule has 3 rings (SSSR count). The molecular formula is C27H35FN2O5. The molecule has 0 saturated carbocycles. The molecule has 1 aliphatic heterocycles. The van der Waals surface area contributed by atoms with Gasteiger partial charge in [0.1, 0.15) is 23.6 Å². The summed E-state index contributed by atoms with van der Waals surface area (Å²) in [6.45, 7) is 10.2. The molecule has 0 radical (unpaired) electrons. The minimum absolute atomic E-state index is 0.165. The van der Waals surface area contributed by atoms with Gasteiger partial charge in [0.2, 0.25) is 5.91 Å². The third-order valence-corrected chi connectivity index (χ3v) is 5.52. The zero-order valence-electron chi connectivity index (χ0n) is 21.1. The van der Waals surface area contributed by atoms with E-state index in [0.29, 0.717) is 30.8 Å². The molecule has 1 N–H and O–H groups in total. The number of halogens is 1. The molecule has 1 saturated heterocycles. The Labute approximate surface area is 206 Å². The number of rotatable bonds is 7. The second-order valence-electron chi connectivity index (χ2n) is 9.68. The molecule has 0 bridgehead atoms. The van der Waals surface area contributed by atoms with Gasteiger partial charge in [-0.25, -0.2) is 9.18 Å². The van der Waals surface area contributed by atoms with Crippen molar-refractivity contribution in [3.05, 3.63) is 59.4 Å². The van der Waals surface area contributed by atoms with E-state index in [1.54, 1.807) is 11.0 Å². The number of carbonyl (C=O) groups excluding carboxylic acids is 2. The van der Waals surface area contributed by atoms with Gasteiger partial charge in [0.15, 0.2) is 0 Å². The number of morpholine rings is 1. The van der Waals surface area contributed by atoms with Crippen molar-refractivity contribution in [2.75, 3.05) is 32.8 Å². The average molecular weight is 487 g/mol. The smallest absolute Gasteiger partial charge is 0.410 e. The summed E-state index contributed by atoms with van der Waals surface area (Å²) in [5.41, 5.74) is 2.16. The predicted octanol–water partition coefficient (Wildman–Crippen LogP) is 4.63. The van der Waals surface area contributed by atoms with Crippen molar-refractivity contribution in [3.63, 3.8) is 0 Å². The number of nitrogens with zero attached hydrogens (tertiary/aromatic N) is 1. The van der Waals surface area contributed by atoms with Crippen LogP contribution in [0.3, 0.4) is 0 Å². The summed E-state index contributed by atoms with van der Waals surface area (Å²) in [5.74, 6) is -0.537. The van der Waals surface area contributed by atoms with Gasteiger partial charge in [-0.2, -0.15) is 0 Å². The first kappa shape index (κ1) is 26.6. The number of hydrogen-bond donors (Lipinski definition) is 1. The lowest BCUT2D eigenvalue weighted by Gasteiger charge is -2.38. The first-order valence-electron chi connectivity index (χ1n) is 11.9. The summed E-state index contributed by atoms with van der Waals surface area (Å²) >= 11 is 0. The van der Waals surface area contributed by atoms with Crippen molar-refractivity contribution in [1.29, 1.82) is 0 Å². The van der Waals surface area contributed by atoms with Gasteiger partial charge in [-0.1, -0.05) is 42.0 Å². The van der Waals surface area contributed by atoms with Crippen LogP contribution in [-0.2, 0) is 19.0 Å². The van der Waals surface area contributed by atoms with Crippen LogP contribution in [0.1, 0.15) is 44.9 Å². The lowest BCUT2D eigenvalue weighted by Crippen LogP contribution is -2.49. The molecule has 7 nitrogen and oxygen atoms in total. The fourth-order valence-electron chi connectivity index (χ4n) is 4.04. The molecule has 0 aromatic heterocycles. The van der Waals surface area contributed by atoms with E-state index in [-0.39, 0.29) is 24.9 Å². The van der Waals surface area contributed by atoms with Crippen LogP contribution < -0.4 is 5.32 Å². The van der Waals surface area contributed by atoms with E-state index in [4.69, 9.17) is 14.2 Å². The molecule has 2 aromatic rings. The number of ether oxygens (including phenoxy) is 3. The van der Waals surface area contributed by atoms with Gasteiger partial charge in [0, 0.05) is 25.6 Å². The van der Waals surface area contributed by atoms with Crippen molar-refractivity contribution >= 4 is 12.0 Å². The van der Waals surface area contributed by atoms with E-state index in [2.05, 4.69) is 5.32 Å². The highest BCUT2D eigenvalue weighted by atomic mass is 19.1. The van der Waals surface area contributed by atoms with E-state index >= 15 is 4.39 Å². The number of hydrogen-bond acceptors (Lipinski definition) is 5. The Kier molecular flexibility index (Phi) is 8.86. The largest absolute Gasteiger partial charge is 0.444 e. The maximum Gasteiger partial charge on any atom is 0.410 e. The lowest BCUT2D eigenvalue weighted by atomic mass is 9.92. The number of carbonyl (C=O) groups is 2. The summed E-state index contributed by atoms with van der Waals surface area (Å²) in [4.78, 5) is 25.6. The zero-order chi connectivity index (χ0) is 25.6. The third kappa shape index (κ3) is 7.50. The summed E-state index contributed by atoms with van der Waals surface area (Å²) < 4.78 is 33.0. The molecule has 2 amide bonds. The standard InChI is InChI=1S/C27H35FN2O5/c1-18-8-6-9-20(16-18)24-21(10-7-11-22(24)28)25(34-14-12-29-19(2)31)23-17-30(13-15-33-23)26(32)35-27(3,4)5/h6-11,16,23,25H,12-15,17H2,1-5H3,(H,29,31). The Morgan fingerprint density at radius 3 is 2.66 bits per heavy atom. The molecule has 8 heteroatoms. The quantitative estimate of drug-likeness (QED) is 0.578. The van der Waals surface area contributed by atoms with Gasteiger partial charge in [0.05, 0.1) is 19.8 Å². The molecule has 0 spiro atoms. The number of amides is 2. The summed E-state index contributed by atoms with van der Waals surface area (Å²) in [6.07, 6.45) is -1.67. The van der Waals surface area contributed by atoms with Crippen LogP contribution in [0.15, 0.2) is 42.5 Å². The van der Waals surface area contributed by atoms with Gasteiger partial charge in [-0.05, 0) is 44.9 Å². The fourth-order valence-corrected chi connectivity index (χ4v) is 4.04. The number of benzene rings is 2. The minimum Gasteiger partial charge on any atom is -0.444 e. The van der Waals surface area contributed by atoms with E-state index in [9.17, 15) is 9.59 Å². The normalized spacial score (nSPS) is 17.1. The van der Waals surface area contributed by atoms with Crippen molar-refractivity contribution in [1.82, 2.24) is 10.2 Å². The highest BCUT2D eigenvalue weighted by Crippen LogP contribution is 2.36. The fraction of sp³-hybridized carbons (Fsp3) is 0.481. The van der Waals surface area contributed by atoms with Gasteiger partial charge < -0.3 is 24.4 Å². The summed E-state index contributed by atoms with van der Waals surface area (Å²) in [5, 5.41) is 2.71. The second-order valence-corrected chi connectivity index (χ2v) is 9.68. The van der Waals surface area contributed by atoms with Gasteiger partial charge in [-0.15, -0.1) is 0 Å². The van der Waals surface area contributed by atoms with Crippen LogP contribution in [0.4, 0.5) is 9.18 Å². The van der Waals surface area contributed by atoms with Crippen molar-refractivity contribution in [2.45, 2.75) is 52.4 Å². The van der Waals surface area contributed by atoms with Gasteiger partial charge in [0.25, 0.3) is 0 Å². The number of nitrogens with one attached hydrogen (secondary N) is 1. The van der Waals surface area contributed by atoms with Crippen LogP contribution >= 0.6 is 0 Å². The first-order chi connectivity index (χ1) is 16.5. The second kappa shape index (κ2) is 11.6. The molecule has 1 fully saturated rings. The molecule has 0 aliphatic carbocycles. The van der Waals surface area contributed by atoms with Crippen LogP contribution in [0.2, 0.25) is 0 Å². The topological polar surface area (TPSA) is 77.1 Å². The van der Waals surface area contributed by atoms with Crippen LogP contribution in [0.5, 0.6) is 0 Å². The van der Waals surface area contributed by atoms with Crippen molar-refractivity contribution in [2.24, 2.45) is 0 Å². The monoisotopic (exact) mass is 486 g/mol. The van der Waals surface area contributed by atoms with Gasteiger partial charge in [-0.3, -0.25) is 4.79 Å². The summed E-state index contributed by atoms with van der Waals surface area (Å²) in [7, 11) is 0. The predicted molar refractivity (Wildman–Crippen MR) is 131 cm³/mol. The molecule has 35 heavy (non-hydrogen) atoms. The SMILES string of the molecule is CC(=O)NCCOC(c1cccc(F)c1-c1cccc(C)c1)C1CN(C(=O)OC(C)(C)C)CCO1. The van der Waals surface area contributed by atoms with Crippen molar-refractivity contribution < 1.29 is 28.2 Å².